The molecule has 1 N–H and O–H groups in total. The molecular formula is C14H20FNO2. The van der Waals surface area contributed by atoms with Gasteiger partial charge in [0.25, 0.3) is 0 Å². The third kappa shape index (κ3) is 2.88. The number of carbonyl (C=O) groups excluding carboxylic acids is 1. The largest absolute Gasteiger partial charge is 0.467 e. The number of ether oxygens (including phenoxy) is 1. The van der Waals surface area contributed by atoms with Crippen molar-refractivity contribution in [2.45, 2.75) is 38.8 Å². The molecule has 1 rings (SSSR count). The molecule has 0 amide bonds. The van der Waals surface area contributed by atoms with Crippen molar-refractivity contribution < 1.29 is 13.9 Å². The number of carbonyl (C=O) groups is 1. The molecule has 0 aliphatic rings. The van der Waals surface area contributed by atoms with Crippen molar-refractivity contribution in [3.8, 4) is 0 Å². The number of hydrogen-bond donors (Lipinski definition) is 1. The Kier molecular flexibility index (Phi) is 4.84. The first-order chi connectivity index (χ1) is 8.46. The predicted octanol–water partition coefficient (Wildman–Crippen LogP) is 2.60. The van der Waals surface area contributed by atoms with Gasteiger partial charge < -0.3 is 4.74 Å². The van der Waals surface area contributed by atoms with E-state index in [-0.39, 0.29) is 11.9 Å². The minimum Gasteiger partial charge on any atom is -0.467 e. The molecule has 0 saturated heterocycles. The fourth-order valence-electron chi connectivity index (χ4n) is 2.13. The zero-order valence-corrected chi connectivity index (χ0v) is 11.3. The highest BCUT2D eigenvalue weighted by Gasteiger charge is 2.40. The first kappa shape index (κ1) is 14.6. The smallest absolute Gasteiger partial charge is 0.330 e. The van der Waals surface area contributed by atoms with Crippen LogP contribution >= 0.6 is 0 Å². The number of halogens is 1. The monoisotopic (exact) mass is 253 g/mol. The second-order valence-corrected chi connectivity index (χ2v) is 4.56. The van der Waals surface area contributed by atoms with E-state index in [0.29, 0.717) is 12.0 Å². The Morgan fingerprint density at radius 2 is 2.17 bits per heavy atom. The molecule has 0 radical (unpaired) electrons. The first-order valence-corrected chi connectivity index (χ1v) is 6.08. The van der Waals surface area contributed by atoms with Gasteiger partial charge in [0.15, 0.2) is 0 Å². The maximum absolute atomic E-state index is 13.4. The van der Waals surface area contributed by atoms with Crippen LogP contribution in [0.1, 0.15) is 32.8 Å². The van der Waals surface area contributed by atoms with E-state index in [4.69, 9.17) is 4.74 Å². The summed E-state index contributed by atoms with van der Waals surface area (Å²) in [6, 6.07) is 6.14. The summed E-state index contributed by atoms with van der Waals surface area (Å²) >= 11 is 0. The molecule has 18 heavy (non-hydrogen) atoms. The fraction of sp³-hybridized carbons (Fsp3) is 0.500. The van der Waals surface area contributed by atoms with Crippen molar-refractivity contribution in [2.24, 2.45) is 0 Å². The van der Waals surface area contributed by atoms with Gasteiger partial charge in [0.05, 0.1) is 7.11 Å². The fourth-order valence-corrected chi connectivity index (χ4v) is 2.13. The summed E-state index contributed by atoms with van der Waals surface area (Å²) in [5, 5.41) is 3.20. The SMILES string of the molecule is CCC(NC(C)C)(C(=O)OC)c1cccc(F)c1. The molecule has 1 aromatic carbocycles. The Hall–Kier alpha value is -1.42. The number of benzene rings is 1. The lowest BCUT2D eigenvalue weighted by molar-refractivity contribution is -0.149. The number of esters is 1. The topological polar surface area (TPSA) is 38.3 Å². The summed E-state index contributed by atoms with van der Waals surface area (Å²) in [5.41, 5.74) is -0.407. The van der Waals surface area contributed by atoms with E-state index in [1.165, 1.54) is 19.2 Å². The van der Waals surface area contributed by atoms with Gasteiger partial charge in [-0.3, -0.25) is 5.32 Å². The maximum Gasteiger partial charge on any atom is 0.330 e. The number of hydrogen-bond acceptors (Lipinski definition) is 3. The predicted molar refractivity (Wildman–Crippen MR) is 68.7 cm³/mol. The highest BCUT2D eigenvalue weighted by molar-refractivity contribution is 5.82. The molecule has 1 aromatic rings. The molecule has 0 spiro atoms. The van der Waals surface area contributed by atoms with Gasteiger partial charge in [0.1, 0.15) is 11.4 Å². The standard InChI is InChI=1S/C14H20FNO2/c1-5-14(13(17)18-4,16-10(2)3)11-7-6-8-12(15)9-11/h6-10,16H,5H2,1-4H3. The Morgan fingerprint density at radius 1 is 1.50 bits per heavy atom. The van der Waals surface area contributed by atoms with Crippen LogP contribution in [0.5, 0.6) is 0 Å². The van der Waals surface area contributed by atoms with Gasteiger partial charge in [-0.05, 0) is 38.0 Å². The molecule has 0 aliphatic carbocycles. The molecule has 0 saturated carbocycles. The van der Waals surface area contributed by atoms with Crippen LogP contribution in [0, 0.1) is 5.82 Å². The molecule has 1 atom stereocenters. The molecule has 0 aliphatic heterocycles. The summed E-state index contributed by atoms with van der Waals surface area (Å²) in [4.78, 5) is 12.1. The van der Waals surface area contributed by atoms with Crippen molar-refractivity contribution in [1.29, 1.82) is 0 Å². The Labute approximate surface area is 107 Å². The van der Waals surface area contributed by atoms with E-state index >= 15 is 0 Å². The van der Waals surface area contributed by atoms with E-state index in [0.717, 1.165) is 0 Å². The van der Waals surface area contributed by atoms with Gasteiger partial charge in [-0.1, -0.05) is 19.1 Å². The maximum atomic E-state index is 13.4. The van der Waals surface area contributed by atoms with Gasteiger partial charge in [0, 0.05) is 6.04 Å². The molecule has 3 nitrogen and oxygen atoms in total. The van der Waals surface area contributed by atoms with Crippen molar-refractivity contribution in [2.75, 3.05) is 7.11 Å². The summed E-state index contributed by atoms with van der Waals surface area (Å²) in [5.74, 6) is -0.760. The van der Waals surface area contributed by atoms with E-state index in [9.17, 15) is 9.18 Å². The Balaban J connectivity index is 3.29. The van der Waals surface area contributed by atoms with E-state index in [1.54, 1.807) is 12.1 Å². The third-order valence-corrected chi connectivity index (χ3v) is 2.92. The van der Waals surface area contributed by atoms with Gasteiger partial charge in [0.2, 0.25) is 0 Å². The van der Waals surface area contributed by atoms with Crippen molar-refractivity contribution in [3.05, 3.63) is 35.6 Å². The van der Waals surface area contributed by atoms with Gasteiger partial charge >= 0.3 is 5.97 Å². The second-order valence-electron chi connectivity index (χ2n) is 4.56. The Bertz CT molecular complexity index is 420. The molecule has 0 bridgehead atoms. The van der Waals surface area contributed by atoms with E-state index in [1.807, 2.05) is 20.8 Å². The molecule has 0 aromatic heterocycles. The van der Waals surface area contributed by atoms with Crippen LogP contribution in [-0.2, 0) is 15.1 Å². The van der Waals surface area contributed by atoms with Crippen LogP contribution in [0.3, 0.4) is 0 Å². The molecular weight excluding hydrogens is 233 g/mol. The van der Waals surface area contributed by atoms with Crippen LogP contribution < -0.4 is 5.32 Å². The lowest BCUT2D eigenvalue weighted by Crippen LogP contribution is -2.52. The summed E-state index contributed by atoms with van der Waals surface area (Å²) in [6.07, 6.45) is 0.487. The van der Waals surface area contributed by atoms with Crippen LogP contribution in [0.4, 0.5) is 4.39 Å². The molecule has 4 heteroatoms. The number of rotatable bonds is 5. The van der Waals surface area contributed by atoms with Crippen LogP contribution in [0.25, 0.3) is 0 Å². The minimum atomic E-state index is -0.995. The van der Waals surface area contributed by atoms with Crippen molar-refractivity contribution in [3.63, 3.8) is 0 Å². The zero-order valence-electron chi connectivity index (χ0n) is 11.3. The molecule has 1 unspecified atom stereocenters. The quantitative estimate of drug-likeness (QED) is 0.820. The number of nitrogens with one attached hydrogen (secondary N) is 1. The zero-order chi connectivity index (χ0) is 13.8. The molecule has 100 valence electrons. The normalized spacial score (nSPS) is 14.3. The average Bonchev–Trinajstić information content (AvgIpc) is 2.34. The van der Waals surface area contributed by atoms with Crippen LogP contribution in [-0.4, -0.2) is 19.1 Å². The van der Waals surface area contributed by atoms with E-state index < -0.39 is 11.5 Å². The first-order valence-electron chi connectivity index (χ1n) is 6.08. The highest BCUT2D eigenvalue weighted by Crippen LogP contribution is 2.28. The lowest BCUT2D eigenvalue weighted by atomic mass is 9.86. The van der Waals surface area contributed by atoms with Crippen LogP contribution in [0.15, 0.2) is 24.3 Å². The highest BCUT2D eigenvalue weighted by atomic mass is 19.1. The molecule has 0 heterocycles. The van der Waals surface area contributed by atoms with Gasteiger partial charge in [-0.2, -0.15) is 0 Å². The Morgan fingerprint density at radius 3 is 2.61 bits per heavy atom. The van der Waals surface area contributed by atoms with Crippen molar-refractivity contribution in [1.82, 2.24) is 5.32 Å². The van der Waals surface area contributed by atoms with Gasteiger partial charge in [-0.15, -0.1) is 0 Å². The second kappa shape index (κ2) is 5.96. The number of methoxy groups -OCH3 is 1. The third-order valence-electron chi connectivity index (χ3n) is 2.92. The van der Waals surface area contributed by atoms with E-state index in [2.05, 4.69) is 5.32 Å². The van der Waals surface area contributed by atoms with Crippen LogP contribution in [0.2, 0.25) is 0 Å². The molecule has 0 fully saturated rings. The average molecular weight is 253 g/mol. The summed E-state index contributed by atoms with van der Waals surface area (Å²) < 4.78 is 18.2. The summed E-state index contributed by atoms with van der Waals surface area (Å²) in [7, 11) is 1.34. The van der Waals surface area contributed by atoms with Gasteiger partial charge in [-0.25, -0.2) is 9.18 Å². The minimum absolute atomic E-state index is 0.0762. The lowest BCUT2D eigenvalue weighted by Gasteiger charge is -2.33. The van der Waals surface area contributed by atoms with Crippen molar-refractivity contribution >= 4 is 5.97 Å². The summed E-state index contributed by atoms with van der Waals surface area (Å²) in [6.45, 7) is 5.75.